The third kappa shape index (κ3) is 3.79. The van der Waals surface area contributed by atoms with Crippen LogP contribution in [0.3, 0.4) is 0 Å². The largest absolute Gasteiger partial charge is 0.378 e. The summed E-state index contributed by atoms with van der Waals surface area (Å²) in [5.74, 6) is 0. The Labute approximate surface area is 142 Å². The number of benzene rings is 1. The van der Waals surface area contributed by atoms with Gasteiger partial charge in [0.05, 0.1) is 42.5 Å². The smallest absolute Gasteiger partial charge is 0.0923 e. The van der Waals surface area contributed by atoms with Gasteiger partial charge in [0.1, 0.15) is 0 Å². The molecule has 6 heteroatoms. The van der Waals surface area contributed by atoms with Crippen molar-refractivity contribution < 1.29 is 4.74 Å². The van der Waals surface area contributed by atoms with Crippen LogP contribution < -0.4 is 9.80 Å². The Morgan fingerprint density at radius 1 is 1.35 bits per heavy atom. The van der Waals surface area contributed by atoms with Gasteiger partial charge in [-0.25, -0.2) is 4.98 Å². The number of nitrogens with one attached hydrogen (secondary N) is 1. The molecule has 2 aromatic rings. The SMILES string of the molecule is CC(C)N(Cc1c[nH]cn1)c1ccc(N2CCOCC2)c(Cl)c1. The number of nitrogens with zero attached hydrogens (tertiary/aromatic N) is 3. The fourth-order valence-corrected chi connectivity index (χ4v) is 3.15. The monoisotopic (exact) mass is 334 g/mol. The zero-order valence-electron chi connectivity index (χ0n) is 13.6. The van der Waals surface area contributed by atoms with E-state index < -0.39 is 0 Å². The number of anilines is 2. The third-order valence-corrected chi connectivity index (χ3v) is 4.43. The zero-order valence-corrected chi connectivity index (χ0v) is 14.4. The maximum atomic E-state index is 6.56. The molecule has 0 amide bonds. The lowest BCUT2D eigenvalue weighted by atomic mass is 10.2. The molecule has 0 atom stereocenters. The number of ether oxygens (including phenoxy) is 1. The van der Waals surface area contributed by atoms with Crippen molar-refractivity contribution >= 4 is 23.0 Å². The van der Waals surface area contributed by atoms with Gasteiger partial charge >= 0.3 is 0 Å². The van der Waals surface area contributed by atoms with Crippen molar-refractivity contribution in [3.8, 4) is 0 Å². The minimum Gasteiger partial charge on any atom is -0.378 e. The predicted molar refractivity (Wildman–Crippen MR) is 94.4 cm³/mol. The molecule has 0 bridgehead atoms. The average Bonchev–Trinajstić information content (AvgIpc) is 3.06. The number of hydrogen-bond acceptors (Lipinski definition) is 4. The first-order valence-corrected chi connectivity index (χ1v) is 8.39. The van der Waals surface area contributed by atoms with E-state index in [1.54, 1.807) is 6.33 Å². The molecule has 5 nitrogen and oxygen atoms in total. The summed E-state index contributed by atoms with van der Waals surface area (Å²) in [4.78, 5) is 11.9. The van der Waals surface area contributed by atoms with Crippen molar-refractivity contribution in [2.24, 2.45) is 0 Å². The third-order valence-electron chi connectivity index (χ3n) is 4.13. The van der Waals surface area contributed by atoms with Gasteiger partial charge in [0.2, 0.25) is 0 Å². The second kappa shape index (κ2) is 7.23. The molecular weight excluding hydrogens is 312 g/mol. The van der Waals surface area contributed by atoms with Crippen LogP contribution in [-0.4, -0.2) is 42.3 Å². The number of hydrogen-bond donors (Lipinski definition) is 1. The average molecular weight is 335 g/mol. The summed E-state index contributed by atoms with van der Waals surface area (Å²) in [5.41, 5.74) is 3.22. The van der Waals surface area contributed by atoms with Crippen LogP contribution in [-0.2, 0) is 11.3 Å². The van der Waals surface area contributed by atoms with Gasteiger partial charge in [0, 0.05) is 31.0 Å². The van der Waals surface area contributed by atoms with Gasteiger partial charge < -0.3 is 19.5 Å². The van der Waals surface area contributed by atoms with Crippen LogP contribution in [0.5, 0.6) is 0 Å². The quantitative estimate of drug-likeness (QED) is 0.911. The van der Waals surface area contributed by atoms with E-state index in [2.05, 4.69) is 51.8 Å². The topological polar surface area (TPSA) is 44.4 Å². The van der Waals surface area contributed by atoms with Gasteiger partial charge in [0.25, 0.3) is 0 Å². The van der Waals surface area contributed by atoms with Crippen LogP contribution in [0.4, 0.5) is 11.4 Å². The molecule has 0 saturated carbocycles. The Kier molecular flexibility index (Phi) is 5.08. The van der Waals surface area contributed by atoms with E-state index in [9.17, 15) is 0 Å². The van der Waals surface area contributed by atoms with E-state index in [0.29, 0.717) is 6.04 Å². The number of aromatic amines is 1. The lowest BCUT2D eigenvalue weighted by Crippen LogP contribution is -2.36. The van der Waals surface area contributed by atoms with Gasteiger partial charge in [-0.2, -0.15) is 0 Å². The first-order chi connectivity index (χ1) is 11.1. The molecule has 1 aliphatic rings. The van der Waals surface area contributed by atoms with Crippen molar-refractivity contribution in [2.45, 2.75) is 26.4 Å². The van der Waals surface area contributed by atoms with Crippen molar-refractivity contribution in [3.05, 3.63) is 41.4 Å². The first kappa shape index (κ1) is 16.1. The highest BCUT2D eigenvalue weighted by Gasteiger charge is 2.17. The standard InChI is InChI=1S/C17H23ClN4O/c1-13(2)22(11-14-10-19-12-20-14)15-3-4-17(16(18)9-15)21-5-7-23-8-6-21/h3-4,9-10,12-13H,5-8,11H2,1-2H3,(H,19,20). The molecule has 0 aliphatic carbocycles. The minimum absolute atomic E-state index is 0.358. The van der Waals surface area contributed by atoms with E-state index in [4.69, 9.17) is 16.3 Å². The van der Waals surface area contributed by atoms with Crippen LogP contribution >= 0.6 is 11.6 Å². The highest BCUT2D eigenvalue weighted by atomic mass is 35.5. The maximum absolute atomic E-state index is 6.56. The van der Waals surface area contributed by atoms with Gasteiger partial charge in [-0.1, -0.05) is 11.6 Å². The molecule has 3 rings (SSSR count). The normalized spacial score (nSPS) is 15.2. The fourth-order valence-electron chi connectivity index (χ4n) is 2.86. The molecule has 124 valence electrons. The van der Waals surface area contributed by atoms with Gasteiger partial charge in [-0.3, -0.25) is 0 Å². The second-order valence-corrected chi connectivity index (χ2v) is 6.42. The van der Waals surface area contributed by atoms with E-state index in [1.807, 2.05) is 6.20 Å². The summed E-state index contributed by atoms with van der Waals surface area (Å²) in [6.45, 7) is 8.41. The van der Waals surface area contributed by atoms with Crippen molar-refractivity contribution in [3.63, 3.8) is 0 Å². The molecule has 23 heavy (non-hydrogen) atoms. The van der Waals surface area contributed by atoms with Crippen molar-refractivity contribution in [2.75, 3.05) is 36.1 Å². The number of H-pyrrole nitrogens is 1. The zero-order chi connectivity index (χ0) is 16.2. The van der Waals surface area contributed by atoms with E-state index in [-0.39, 0.29) is 0 Å². The van der Waals surface area contributed by atoms with E-state index >= 15 is 0 Å². The Morgan fingerprint density at radius 2 is 2.13 bits per heavy atom. The van der Waals surface area contributed by atoms with Gasteiger partial charge in [-0.15, -0.1) is 0 Å². The molecule has 2 heterocycles. The van der Waals surface area contributed by atoms with Crippen LogP contribution in [0.2, 0.25) is 5.02 Å². The number of halogens is 1. The van der Waals surface area contributed by atoms with Crippen LogP contribution in [0, 0.1) is 0 Å². The molecule has 1 aromatic carbocycles. The summed E-state index contributed by atoms with van der Waals surface area (Å²) in [5, 5.41) is 0.789. The van der Waals surface area contributed by atoms with Crippen LogP contribution in [0.15, 0.2) is 30.7 Å². The number of morpholine rings is 1. The van der Waals surface area contributed by atoms with Gasteiger partial charge in [-0.05, 0) is 32.0 Å². The van der Waals surface area contributed by atoms with Crippen molar-refractivity contribution in [1.82, 2.24) is 9.97 Å². The molecule has 1 fully saturated rings. The van der Waals surface area contributed by atoms with Crippen LogP contribution in [0.1, 0.15) is 19.5 Å². The highest BCUT2D eigenvalue weighted by molar-refractivity contribution is 6.33. The van der Waals surface area contributed by atoms with E-state index in [0.717, 1.165) is 54.9 Å². The molecule has 1 aromatic heterocycles. The summed E-state index contributed by atoms with van der Waals surface area (Å²) in [6.07, 6.45) is 3.64. The Bertz CT molecular complexity index is 624. The Balaban J connectivity index is 1.81. The Hall–Kier alpha value is -1.72. The minimum atomic E-state index is 0.358. The summed E-state index contributed by atoms with van der Waals surface area (Å²) in [7, 11) is 0. The van der Waals surface area contributed by atoms with Crippen molar-refractivity contribution in [1.29, 1.82) is 0 Å². The molecule has 0 radical (unpaired) electrons. The lowest BCUT2D eigenvalue weighted by Gasteiger charge is -2.32. The van der Waals surface area contributed by atoms with Crippen LogP contribution in [0.25, 0.3) is 0 Å². The molecule has 1 saturated heterocycles. The molecule has 0 spiro atoms. The lowest BCUT2D eigenvalue weighted by molar-refractivity contribution is 0.122. The summed E-state index contributed by atoms with van der Waals surface area (Å²) >= 11 is 6.56. The van der Waals surface area contributed by atoms with E-state index in [1.165, 1.54) is 0 Å². The summed E-state index contributed by atoms with van der Waals surface area (Å²) < 4.78 is 5.41. The molecule has 0 unspecified atom stereocenters. The molecular formula is C17H23ClN4O. The number of rotatable bonds is 5. The van der Waals surface area contributed by atoms with Gasteiger partial charge in [0.15, 0.2) is 0 Å². The second-order valence-electron chi connectivity index (χ2n) is 6.02. The number of imidazole rings is 1. The molecule has 1 N–H and O–H groups in total. The number of aromatic nitrogens is 2. The fraction of sp³-hybridized carbons (Fsp3) is 0.471. The summed E-state index contributed by atoms with van der Waals surface area (Å²) in [6, 6.07) is 6.67. The maximum Gasteiger partial charge on any atom is 0.0923 e. The first-order valence-electron chi connectivity index (χ1n) is 8.01. The Morgan fingerprint density at radius 3 is 2.74 bits per heavy atom. The highest BCUT2D eigenvalue weighted by Crippen LogP contribution is 2.32. The predicted octanol–water partition coefficient (Wildman–Crippen LogP) is 3.31. The molecule has 1 aliphatic heterocycles.